The molecule has 0 N–H and O–H groups in total. The van der Waals surface area contributed by atoms with Crippen molar-refractivity contribution < 1.29 is 19.0 Å². The van der Waals surface area contributed by atoms with E-state index in [4.69, 9.17) is 14.2 Å². The van der Waals surface area contributed by atoms with E-state index >= 15 is 0 Å². The van der Waals surface area contributed by atoms with Crippen molar-refractivity contribution >= 4 is 6.29 Å². The Morgan fingerprint density at radius 3 is 1.65 bits per heavy atom. The van der Waals surface area contributed by atoms with Gasteiger partial charge in [-0.2, -0.15) is 0 Å². The molecule has 0 bridgehead atoms. The minimum absolute atomic E-state index is 0.502. The summed E-state index contributed by atoms with van der Waals surface area (Å²) in [6.45, 7) is 8.00. The number of ether oxygens (including phenoxy) is 3. The van der Waals surface area contributed by atoms with E-state index < -0.39 is 0 Å². The van der Waals surface area contributed by atoms with Gasteiger partial charge in [0.05, 0.1) is 21.3 Å². The predicted octanol–water partition coefficient (Wildman–Crippen LogP) is 3.32. The first-order chi connectivity index (χ1) is 9.76. The average molecular weight is 280 g/mol. The van der Waals surface area contributed by atoms with Crippen LogP contribution < -0.4 is 14.2 Å². The molecule has 0 heterocycles. The molecule has 1 aromatic carbocycles. The van der Waals surface area contributed by atoms with Crippen LogP contribution in [0.15, 0.2) is 12.1 Å². The summed E-state index contributed by atoms with van der Waals surface area (Å²) in [6, 6.07) is 3.36. The van der Waals surface area contributed by atoms with Gasteiger partial charge in [0.25, 0.3) is 0 Å². The van der Waals surface area contributed by atoms with Crippen molar-refractivity contribution in [2.75, 3.05) is 21.3 Å². The van der Waals surface area contributed by atoms with Gasteiger partial charge in [0.15, 0.2) is 17.8 Å². The van der Waals surface area contributed by atoms with Crippen LogP contribution in [-0.2, 0) is 4.79 Å². The van der Waals surface area contributed by atoms with E-state index in [1.54, 1.807) is 12.1 Å². The molecule has 0 aliphatic carbocycles. The van der Waals surface area contributed by atoms with Crippen LogP contribution in [0.4, 0.5) is 0 Å². The van der Waals surface area contributed by atoms with Crippen LogP contribution in [0.3, 0.4) is 0 Å². The van der Waals surface area contributed by atoms with Crippen LogP contribution in [0.2, 0.25) is 0 Å². The van der Waals surface area contributed by atoms with Crippen molar-refractivity contribution in [3.8, 4) is 29.1 Å². The zero-order chi connectivity index (χ0) is 16.0. The Hall–Kier alpha value is -2.15. The second-order valence-corrected chi connectivity index (χ2v) is 2.80. The zero-order valence-electron chi connectivity index (χ0n) is 13.4. The maximum Gasteiger partial charge on any atom is 0.203 e. The van der Waals surface area contributed by atoms with E-state index in [1.807, 2.05) is 27.7 Å². The Morgan fingerprint density at radius 2 is 1.35 bits per heavy atom. The number of rotatable bonds is 3. The summed E-state index contributed by atoms with van der Waals surface area (Å²) < 4.78 is 15.4. The fraction of sp³-hybridized carbons (Fsp3) is 0.438. The van der Waals surface area contributed by atoms with Crippen molar-refractivity contribution in [3.05, 3.63) is 17.7 Å². The maximum atomic E-state index is 10.1. The van der Waals surface area contributed by atoms with Gasteiger partial charge in [0, 0.05) is 5.56 Å². The standard InChI is InChI=1S/C12H12O4.2C2H6/c1-14-10-7-9(5-4-6-13)8-11(15-2)12(10)16-3;2*1-2/h6-8H,1-3H3;2*1-2H3. The summed E-state index contributed by atoms with van der Waals surface area (Å²) in [6.07, 6.45) is 0.531. The second-order valence-electron chi connectivity index (χ2n) is 2.80. The predicted molar refractivity (Wildman–Crippen MR) is 81.7 cm³/mol. The first-order valence-electron chi connectivity index (χ1n) is 6.52. The van der Waals surface area contributed by atoms with Gasteiger partial charge in [-0.3, -0.25) is 4.79 Å². The fourth-order valence-electron chi connectivity index (χ4n) is 1.27. The monoisotopic (exact) mass is 280 g/mol. The minimum Gasteiger partial charge on any atom is -0.493 e. The van der Waals surface area contributed by atoms with Gasteiger partial charge >= 0.3 is 0 Å². The summed E-state index contributed by atoms with van der Waals surface area (Å²) in [4.78, 5) is 10.1. The first-order valence-corrected chi connectivity index (χ1v) is 6.52. The van der Waals surface area contributed by atoms with Crippen molar-refractivity contribution in [3.63, 3.8) is 0 Å². The van der Waals surface area contributed by atoms with Crippen molar-refractivity contribution in [2.45, 2.75) is 27.7 Å². The highest BCUT2D eigenvalue weighted by Gasteiger charge is 2.11. The molecule has 0 atom stereocenters. The van der Waals surface area contributed by atoms with Crippen molar-refractivity contribution in [1.82, 2.24) is 0 Å². The second kappa shape index (κ2) is 13.3. The SMILES string of the molecule is CC.CC.COc1cc(C#CC=O)cc(OC)c1OC. The maximum absolute atomic E-state index is 10.1. The molecular weight excluding hydrogens is 256 g/mol. The number of carbonyl (C=O) groups excluding carboxylic acids is 1. The molecule has 4 heteroatoms. The fourth-order valence-corrected chi connectivity index (χ4v) is 1.27. The molecule has 0 saturated carbocycles. The van der Waals surface area contributed by atoms with Gasteiger partial charge in [0.2, 0.25) is 5.75 Å². The minimum atomic E-state index is 0.502. The van der Waals surface area contributed by atoms with Crippen LogP contribution in [-0.4, -0.2) is 27.6 Å². The molecule has 0 aliphatic heterocycles. The van der Waals surface area contributed by atoms with Gasteiger partial charge in [-0.05, 0) is 18.1 Å². The molecule has 0 amide bonds. The third-order valence-corrected chi connectivity index (χ3v) is 1.94. The van der Waals surface area contributed by atoms with E-state index in [2.05, 4.69) is 11.8 Å². The van der Waals surface area contributed by atoms with Crippen LogP contribution in [0.1, 0.15) is 33.3 Å². The molecule has 0 aliphatic rings. The molecule has 0 unspecified atom stereocenters. The lowest BCUT2D eigenvalue weighted by Gasteiger charge is -2.12. The number of carbonyl (C=O) groups is 1. The molecule has 0 fully saturated rings. The first kappa shape index (κ1) is 20.2. The van der Waals surface area contributed by atoms with Gasteiger partial charge in [-0.1, -0.05) is 33.6 Å². The highest BCUT2D eigenvalue weighted by atomic mass is 16.5. The quantitative estimate of drug-likeness (QED) is 0.629. The summed E-state index contributed by atoms with van der Waals surface area (Å²) in [5, 5.41) is 0. The largest absolute Gasteiger partial charge is 0.493 e. The number of hydrogen-bond donors (Lipinski definition) is 0. The lowest BCUT2D eigenvalue weighted by Crippen LogP contribution is -1.95. The topological polar surface area (TPSA) is 44.8 Å². The Kier molecular flexibility index (Phi) is 13.4. The van der Waals surface area contributed by atoms with E-state index in [-0.39, 0.29) is 0 Å². The zero-order valence-corrected chi connectivity index (χ0v) is 13.4. The van der Waals surface area contributed by atoms with Crippen LogP contribution >= 0.6 is 0 Å². The number of hydrogen-bond acceptors (Lipinski definition) is 4. The summed E-state index contributed by atoms with van der Waals surface area (Å²) >= 11 is 0. The highest BCUT2D eigenvalue weighted by Crippen LogP contribution is 2.37. The number of benzene rings is 1. The molecule has 20 heavy (non-hydrogen) atoms. The summed E-state index contributed by atoms with van der Waals surface area (Å²) in [5.41, 5.74) is 0.626. The van der Waals surface area contributed by atoms with Gasteiger partial charge < -0.3 is 14.2 Å². The molecule has 0 aromatic heterocycles. The Balaban J connectivity index is 0. The van der Waals surface area contributed by atoms with E-state index in [9.17, 15) is 4.79 Å². The lowest BCUT2D eigenvalue weighted by molar-refractivity contribution is -0.103. The Labute approximate surface area is 122 Å². The molecule has 112 valence electrons. The third kappa shape index (κ3) is 6.14. The smallest absolute Gasteiger partial charge is 0.203 e. The van der Waals surface area contributed by atoms with Gasteiger partial charge in [0.1, 0.15) is 0 Å². The normalized spacial score (nSPS) is 7.55. The van der Waals surface area contributed by atoms with Gasteiger partial charge in [-0.15, -0.1) is 0 Å². The van der Waals surface area contributed by atoms with E-state index in [0.717, 1.165) is 0 Å². The molecular formula is C16H24O4. The number of methoxy groups -OCH3 is 3. The average Bonchev–Trinajstić information content (AvgIpc) is 2.55. The molecule has 4 nitrogen and oxygen atoms in total. The van der Waals surface area contributed by atoms with E-state index in [1.165, 1.54) is 21.3 Å². The Bertz CT molecular complexity index is 417. The molecule has 0 spiro atoms. The van der Waals surface area contributed by atoms with Crippen molar-refractivity contribution in [1.29, 1.82) is 0 Å². The van der Waals surface area contributed by atoms with Gasteiger partial charge in [-0.25, -0.2) is 0 Å². The summed E-state index contributed by atoms with van der Waals surface area (Å²) in [7, 11) is 4.57. The summed E-state index contributed by atoms with van der Waals surface area (Å²) in [5.74, 6) is 6.51. The highest BCUT2D eigenvalue weighted by molar-refractivity contribution is 5.74. The van der Waals surface area contributed by atoms with E-state index in [0.29, 0.717) is 29.1 Å². The van der Waals surface area contributed by atoms with Crippen LogP contribution in [0, 0.1) is 11.8 Å². The lowest BCUT2D eigenvalue weighted by atomic mass is 10.2. The van der Waals surface area contributed by atoms with Crippen LogP contribution in [0.25, 0.3) is 0 Å². The Morgan fingerprint density at radius 1 is 0.900 bits per heavy atom. The molecule has 0 saturated heterocycles. The van der Waals surface area contributed by atoms with Crippen molar-refractivity contribution in [2.24, 2.45) is 0 Å². The number of aldehydes is 1. The molecule has 1 aromatic rings. The van der Waals surface area contributed by atoms with Crippen LogP contribution in [0.5, 0.6) is 17.2 Å². The molecule has 0 radical (unpaired) electrons. The third-order valence-electron chi connectivity index (χ3n) is 1.94. The molecule has 1 rings (SSSR count).